The molecule has 0 aliphatic rings. The molecule has 0 aromatic carbocycles. The molecular weight excluding hydrogens is 226 g/mol. The minimum Gasteiger partial charge on any atom is -0.476 e. The summed E-state index contributed by atoms with van der Waals surface area (Å²) in [4.78, 5) is 10.9. The first-order chi connectivity index (χ1) is 8.20. The van der Waals surface area contributed by atoms with E-state index in [-0.39, 0.29) is 5.69 Å². The molecule has 7 nitrogen and oxygen atoms in total. The van der Waals surface area contributed by atoms with Crippen molar-refractivity contribution in [2.45, 2.75) is 19.4 Å². The van der Waals surface area contributed by atoms with Crippen molar-refractivity contribution >= 4 is 5.97 Å². The lowest BCUT2D eigenvalue weighted by Crippen LogP contribution is -2.12. The standard InChI is InChI=1S/C10H17N3O4/c1-16-6-3-5-13-8(4-7-17-2)9(10(14)15)11-12-13/h3-7H2,1-2H3,(H,14,15). The Morgan fingerprint density at radius 3 is 2.65 bits per heavy atom. The van der Waals surface area contributed by atoms with Gasteiger partial charge in [0.2, 0.25) is 0 Å². The zero-order valence-electron chi connectivity index (χ0n) is 10.0. The van der Waals surface area contributed by atoms with Crippen molar-refractivity contribution in [1.29, 1.82) is 0 Å². The van der Waals surface area contributed by atoms with Gasteiger partial charge >= 0.3 is 5.97 Å². The van der Waals surface area contributed by atoms with Gasteiger partial charge in [0.15, 0.2) is 5.69 Å². The summed E-state index contributed by atoms with van der Waals surface area (Å²) in [6.07, 6.45) is 1.25. The molecule has 1 heterocycles. The quantitative estimate of drug-likeness (QED) is 0.656. The number of hydrogen-bond donors (Lipinski definition) is 1. The van der Waals surface area contributed by atoms with Crippen molar-refractivity contribution in [2.75, 3.05) is 27.4 Å². The van der Waals surface area contributed by atoms with Crippen LogP contribution in [0, 0.1) is 0 Å². The molecule has 7 heteroatoms. The number of hydrogen-bond acceptors (Lipinski definition) is 5. The number of aromatic carboxylic acids is 1. The highest BCUT2D eigenvalue weighted by Gasteiger charge is 2.18. The predicted molar refractivity (Wildman–Crippen MR) is 59.1 cm³/mol. The number of carbonyl (C=O) groups is 1. The van der Waals surface area contributed by atoms with Crippen LogP contribution < -0.4 is 0 Å². The van der Waals surface area contributed by atoms with E-state index in [0.29, 0.717) is 31.9 Å². The Morgan fingerprint density at radius 1 is 1.35 bits per heavy atom. The lowest BCUT2D eigenvalue weighted by atomic mass is 10.2. The highest BCUT2D eigenvalue weighted by Crippen LogP contribution is 2.07. The van der Waals surface area contributed by atoms with Crippen LogP contribution in [0.15, 0.2) is 0 Å². The zero-order valence-corrected chi connectivity index (χ0v) is 10.0. The summed E-state index contributed by atoms with van der Waals surface area (Å²) in [5, 5.41) is 16.5. The maximum absolute atomic E-state index is 10.9. The van der Waals surface area contributed by atoms with Gasteiger partial charge in [0, 0.05) is 33.8 Å². The normalized spacial score (nSPS) is 10.7. The first kappa shape index (κ1) is 13.6. The number of carboxylic acids is 1. The summed E-state index contributed by atoms with van der Waals surface area (Å²) in [5.74, 6) is -1.06. The van der Waals surface area contributed by atoms with Crippen molar-refractivity contribution in [1.82, 2.24) is 15.0 Å². The Labute approximate surface area is 99.3 Å². The molecule has 0 amide bonds. The van der Waals surface area contributed by atoms with E-state index >= 15 is 0 Å². The molecule has 1 rings (SSSR count). The van der Waals surface area contributed by atoms with Crippen LogP contribution in [0.4, 0.5) is 0 Å². The van der Waals surface area contributed by atoms with Gasteiger partial charge in [-0.2, -0.15) is 0 Å². The molecule has 1 aromatic heterocycles. The average Bonchev–Trinajstić information content (AvgIpc) is 2.70. The fourth-order valence-electron chi connectivity index (χ4n) is 1.48. The number of carboxylic acid groups (broad SMARTS) is 1. The molecule has 0 atom stereocenters. The SMILES string of the molecule is COCCCn1nnc(C(=O)O)c1CCOC. The van der Waals surface area contributed by atoms with Crippen molar-refractivity contribution in [2.24, 2.45) is 0 Å². The number of aromatic nitrogens is 3. The maximum atomic E-state index is 10.9. The van der Waals surface area contributed by atoms with Crippen molar-refractivity contribution in [3.05, 3.63) is 11.4 Å². The van der Waals surface area contributed by atoms with E-state index in [0.717, 1.165) is 6.42 Å². The second kappa shape index (κ2) is 6.97. The summed E-state index contributed by atoms with van der Waals surface area (Å²) in [6, 6.07) is 0. The molecular formula is C10H17N3O4. The third kappa shape index (κ3) is 3.79. The van der Waals surface area contributed by atoms with Gasteiger partial charge in [-0.1, -0.05) is 5.21 Å². The van der Waals surface area contributed by atoms with Crippen LogP contribution in [0.1, 0.15) is 22.6 Å². The van der Waals surface area contributed by atoms with E-state index in [1.807, 2.05) is 0 Å². The Hall–Kier alpha value is -1.47. The average molecular weight is 243 g/mol. The third-order valence-electron chi connectivity index (χ3n) is 2.30. The Morgan fingerprint density at radius 2 is 2.06 bits per heavy atom. The van der Waals surface area contributed by atoms with Gasteiger partial charge < -0.3 is 14.6 Å². The van der Waals surface area contributed by atoms with Gasteiger partial charge in [0.1, 0.15) is 0 Å². The largest absolute Gasteiger partial charge is 0.476 e. The van der Waals surface area contributed by atoms with Crippen molar-refractivity contribution < 1.29 is 19.4 Å². The molecule has 0 spiro atoms. The summed E-state index contributed by atoms with van der Waals surface area (Å²) in [5.41, 5.74) is 0.593. The van der Waals surface area contributed by atoms with E-state index < -0.39 is 5.97 Å². The molecule has 0 radical (unpaired) electrons. The van der Waals surface area contributed by atoms with E-state index in [1.54, 1.807) is 18.9 Å². The van der Waals surface area contributed by atoms with Gasteiger partial charge in [-0.25, -0.2) is 9.48 Å². The smallest absolute Gasteiger partial charge is 0.358 e. The van der Waals surface area contributed by atoms with Crippen molar-refractivity contribution in [3.63, 3.8) is 0 Å². The topological polar surface area (TPSA) is 86.5 Å². The molecule has 0 aliphatic carbocycles. The highest BCUT2D eigenvalue weighted by molar-refractivity contribution is 5.86. The second-order valence-corrected chi connectivity index (χ2v) is 3.50. The van der Waals surface area contributed by atoms with Crippen LogP contribution in [0.2, 0.25) is 0 Å². The molecule has 1 N–H and O–H groups in total. The molecule has 0 bridgehead atoms. The lowest BCUT2D eigenvalue weighted by molar-refractivity contribution is 0.0688. The molecule has 0 unspecified atom stereocenters. The van der Waals surface area contributed by atoms with Crippen LogP contribution >= 0.6 is 0 Å². The van der Waals surface area contributed by atoms with Crippen LogP contribution in [0.5, 0.6) is 0 Å². The fraction of sp³-hybridized carbons (Fsp3) is 0.700. The highest BCUT2D eigenvalue weighted by atomic mass is 16.5. The fourth-order valence-corrected chi connectivity index (χ4v) is 1.48. The molecule has 0 saturated heterocycles. The second-order valence-electron chi connectivity index (χ2n) is 3.50. The number of ether oxygens (including phenoxy) is 2. The van der Waals surface area contributed by atoms with Crippen LogP contribution in [0.3, 0.4) is 0 Å². The summed E-state index contributed by atoms with van der Waals surface area (Å²) in [6.45, 7) is 1.64. The Balaban J connectivity index is 2.76. The molecule has 17 heavy (non-hydrogen) atoms. The lowest BCUT2D eigenvalue weighted by Gasteiger charge is -2.06. The van der Waals surface area contributed by atoms with Gasteiger partial charge in [-0.15, -0.1) is 5.10 Å². The summed E-state index contributed by atoms with van der Waals surface area (Å²) in [7, 11) is 3.19. The van der Waals surface area contributed by atoms with Gasteiger partial charge in [0.25, 0.3) is 0 Å². The minimum atomic E-state index is -1.06. The monoisotopic (exact) mass is 243 g/mol. The molecule has 0 fully saturated rings. The van der Waals surface area contributed by atoms with E-state index in [1.165, 1.54) is 0 Å². The maximum Gasteiger partial charge on any atom is 0.358 e. The molecule has 0 aliphatic heterocycles. The number of aryl methyl sites for hydroxylation is 1. The van der Waals surface area contributed by atoms with E-state index in [2.05, 4.69) is 10.3 Å². The molecule has 0 saturated carbocycles. The van der Waals surface area contributed by atoms with Gasteiger partial charge in [0.05, 0.1) is 12.3 Å². The van der Waals surface area contributed by atoms with Gasteiger partial charge in [-0.3, -0.25) is 0 Å². The van der Waals surface area contributed by atoms with E-state index in [9.17, 15) is 4.79 Å². The van der Waals surface area contributed by atoms with Crippen LogP contribution in [-0.2, 0) is 22.4 Å². The molecule has 1 aromatic rings. The van der Waals surface area contributed by atoms with E-state index in [4.69, 9.17) is 14.6 Å². The van der Waals surface area contributed by atoms with Gasteiger partial charge in [-0.05, 0) is 6.42 Å². The number of methoxy groups -OCH3 is 2. The molecule has 96 valence electrons. The summed E-state index contributed by atoms with van der Waals surface area (Å²) >= 11 is 0. The zero-order chi connectivity index (χ0) is 12.7. The third-order valence-corrected chi connectivity index (χ3v) is 2.30. The Kier molecular flexibility index (Phi) is 5.58. The minimum absolute atomic E-state index is 0.000494. The first-order valence-electron chi connectivity index (χ1n) is 5.34. The van der Waals surface area contributed by atoms with Crippen LogP contribution in [-0.4, -0.2) is 53.5 Å². The number of nitrogens with zero attached hydrogens (tertiary/aromatic N) is 3. The number of rotatable bonds is 8. The predicted octanol–water partition coefficient (Wildman–Crippen LogP) is 0.202. The first-order valence-corrected chi connectivity index (χ1v) is 5.34. The Bertz CT molecular complexity index is 364. The summed E-state index contributed by atoms with van der Waals surface area (Å²) < 4.78 is 11.5. The van der Waals surface area contributed by atoms with Crippen molar-refractivity contribution in [3.8, 4) is 0 Å². The van der Waals surface area contributed by atoms with Crippen LogP contribution in [0.25, 0.3) is 0 Å².